The molecule has 4 rings (SSSR count). The molecule has 0 radical (unpaired) electrons. The van der Waals surface area contributed by atoms with Crippen LogP contribution in [0, 0.1) is 22.9 Å². The molecule has 1 aromatic carbocycles. The van der Waals surface area contributed by atoms with Gasteiger partial charge in [-0.2, -0.15) is 0 Å². The van der Waals surface area contributed by atoms with E-state index >= 15 is 0 Å². The number of pyridine rings is 2. The van der Waals surface area contributed by atoms with E-state index in [1.165, 1.54) is 0 Å². The lowest BCUT2D eigenvalue weighted by Gasteiger charge is -2.22. The number of hydrogen-bond donors (Lipinski definition) is 2. The van der Waals surface area contributed by atoms with Gasteiger partial charge in [0.2, 0.25) is 5.43 Å². The number of anilines is 1. The maximum Gasteiger partial charge on any atom is 0.341 e. The molecule has 1 saturated heterocycles. The summed E-state index contributed by atoms with van der Waals surface area (Å²) in [5.74, 6) is -4.33. The summed E-state index contributed by atoms with van der Waals surface area (Å²) in [6.07, 6.45) is 0.900. The van der Waals surface area contributed by atoms with Crippen molar-refractivity contribution in [2.24, 2.45) is 11.1 Å². The first-order valence-corrected chi connectivity index (χ1v) is 9.45. The molecule has 2 aromatic heterocycles. The van der Waals surface area contributed by atoms with E-state index in [9.17, 15) is 27.9 Å². The Morgan fingerprint density at radius 2 is 1.94 bits per heavy atom. The van der Waals surface area contributed by atoms with E-state index < -0.39 is 34.4 Å². The molecule has 0 spiro atoms. The quantitative estimate of drug-likeness (QED) is 0.660. The van der Waals surface area contributed by atoms with Crippen molar-refractivity contribution >= 4 is 22.8 Å². The smallest absolute Gasteiger partial charge is 0.341 e. The average molecular weight is 432 g/mol. The number of carboxylic acids is 1. The second-order valence-corrected chi connectivity index (χ2v) is 8.28. The monoisotopic (exact) mass is 432 g/mol. The molecule has 0 bridgehead atoms. The van der Waals surface area contributed by atoms with E-state index in [2.05, 4.69) is 4.98 Å². The molecule has 10 heteroatoms. The molecule has 0 saturated carbocycles. The molecule has 162 valence electrons. The predicted octanol–water partition coefficient (Wildman–Crippen LogP) is 2.67. The van der Waals surface area contributed by atoms with Gasteiger partial charge in [0.1, 0.15) is 17.2 Å². The zero-order valence-electron chi connectivity index (χ0n) is 16.7. The number of aromatic nitrogens is 2. The molecule has 0 amide bonds. The number of benzene rings is 1. The molecule has 0 aliphatic carbocycles. The van der Waals surface area contributed by atoms with Crippen LogP contribution in [0.1, 0.15) is 24.2 Å². The van der Waals surface area contributed by atoms with Gasteiger partial charge < -0.3 is 15.7 Å². The van der Waals surface area contributed by atoms with Crippen molar-refractivity contribution in [1.82, 2.24) is 9.55 Å². The Hall–Kier alpha value is -3.40. The van der Waals surface area contributed by atoms with Gasteiger partial charge in [-0.25, -0.2) is 22.9 Å². The fourth-order valence-corrected chi connectivity index (χ4v) is 3.77. The molecule has 1 atom stereocenters. The van der Waals surface area contributed by atoms with Gasteiger partial charge in [-0.1, -0.05) is 13.8 Å². The first-order valence-electron chi connectivity index (χ1n) is 9.45. The van der Waals surface area contributed by atoms with Crippen molar-refractivity contribution in [2.45, 2.75) is 19.9 Å². The minimum atomic E-state index is -1.57. The lowest BCUT2D eigenvalue weighted by molar-refractivity contribution is 0.0695. The average Bonchev–Trinajstić information content (AvgIpc) is 2.95. The largest absolute Gasteiger partial charge is 0.477 e. The van der Waals surface area contributed by atoms with Crippen LogP contribution in [-0.4, -0.2) is 39.8 Å². The van der Waals surface area contributed by atoms with Crippen LogP contribution in [0.2, 0.25) is 0 Å². The van der Waals surface area contributed by atoms with Crippen molar-refractivity contribution in [1.29, 1.82) is 0 Å². The summed E-state index contributed by atoms with van der Waals surface area (Å²) in [7, 11) is 0. The van der Waals surface area contributed by atoms with Crippen LogP contribution in [-0.2, 0) is 0 Å². The summed E-state index contributed by atoms with van der Waals surface area (Å²) in [6.45, 7) is 4.57. The number of nitrogens with two attached hydrogens (primary N) is 1. The zero-order chi connectivity index (χ0) is 22.7. The fourth-order valence-electron chi connectivity index (χ4n) is 3.77. The Labute approximate surface area is 174 Å². The summed E-state index contributed by atoms with van der Waals surface area (Å²) in [4.78, 5) is 30.1. The highest BCUT2D eigenvalue weighted by Crippen LogP contribution is 2.33. The van der Waals surface area contributed by atoms with Crippen molar-refractivity contribution < 1.29 is 23.1 Å². The van der Waals surface area contributed by atoms with Crippen molar-refractivity contribution in [2.75, 3.05) is 18.0 Å². The first kappa shape index (κ1) is 20.9. The van der Waals surface area contributed by atoms with Gasteiger partial charge in [0.05, 0.1) is 11.1 Å². The van der Waals surface area contributed by atoms with E-state index in [1.54, 1.807) is 4.90 Å². The number of fused-ring (bicyclic) bond motifs is 1. The lowest BCUT2D eigenvalue weighted by atomic mass is 9.89. The summed E-state index contributed by atoms with van der Waals surface area (Å²) < 4.78 is 43.9. The molecule has 7 nitrogen and oxygen atoms in total. The lowest BCUT2D eigenvalue weighted by Crippen LogP contribution is -2.35. The van der Waals surface area contributed by atoms with Crippen LogP contribution >= 0.6 is 0 Å². The summed E-state index contributed by atoms with van der Waals surface area (Å²) >= 11 is 0. The number of carbonyl (C=O) groups is 1. The van der Waals surface area contributed by atoms with Crippen LogP contribution in [0.15, 0.2) is 35.3 Å². The standard InChI is InChI=1S/C21H19F3N4O3/c1-21(2)9-27(8-16(21)25)19-14(24)6-11-17(29)12(20(30)31)7-28(18(11)26-19)15-4-3-10(22)5-13(15)23/h3-7,16H,8-9,25H2,1-2H3,(H,30,31)/t16-/m1/s1. The topological polar surface area (TPSA) is 101 Å². The fraction of sp³-hybridized carbons (Fsp3) is 0.286. The van der Waals surface area contributed by atoms with E-state index in [1.807, 2.05) is 13.8 Å². The minimum absolute atomic E-state index is 0.0905. The Kier molecular flexibility index (Phi) is 4.77. The molecule has 1 aliphatic rings. The molecule has 1 fully saturated rings. The third-order valence-corrected chi connectivity index (χ3v) is 5.63. The van der Waals surface area contributed by atoms with Crippen molar-refractivity contribution in [3.05, 3.63) is 63.7 Å². The Morgan fingerprint density at radius 1 is 1.23 bits per heavy atom. The van der Waals surface area contributed by atoms with Gasteiger partial charge in [-0.15, -0.1) is 0 Å². The van der Waals surface area contributed by atoms with Gasteiger partial charge in [-0.3, -0.25) is 9.36 Å². The van der Waals surface area contributed by atoms with Gasteiger partial charge in [-0.05, 0) is 23.6 Å². The minimum Gasteiger partial charge on any atom is -0.477 e. The molecule has 1 aliphatic heterocycles. The summed E-state index contributed by atoms with van der Waals surface area (Å²) in [5, 5.41) is 9.05. The number of nitrogens with zero attached hydrogens (tertiary/aromatic N) is 3. The van der Waals surface area contributed by atoms with Crippen LogP contribution in [0.4, 0.5) is 19.0 Å². The summed E-state index contributed by atoms with van der Waals surface area (Å²) in [6, 6.07) is 3.32. The van der Waals surface area contributed by atoms with Gasteiger partial charge in [0, 0.05) is 31.4 Å². The van der Waals surface area contributed by atoms with Crippen LogP contribution in [0.5, 0.6) is 0 Å². The third kappa shape index (κ3) is 3.42. The Morgan fingerprint density at radius 3 is 2.52 bits per heavy atom. The first-order chi connectivity index (χ1) is 14.5. The highest BCUT2D eigenvalue weighted by atomic mass is 19.1. The highest BCUT2D eigenvalue weighted by Gasteiger charge is 2.38. The van der Waals surface area contributed by atoms with E-state index in [-0.39, 0.29) is 34.0 Å². The number of aromatic carboxylic acids is 1. The van der Waals surface area contributed by atoms with Crippen LogP contribution in [0.25, 0.3) is 16.7 Å². The number of carboxylic acid groups (broad SMARTS) is 1. The second-order valence-electron chi connectivity index (χ2n) is 8.28. The number of hydrogen-bond acceptors (Lipinski definition) is 5. The number of halogens is 3. The Balaban J connectivity index is 2.02. The van der Waals surface area contributed by atoms with Gasteiger partial charge >= 0.3 is 5.97 Å². The van der Waals surface area contributed by atoms with Crippen molar-refractivity contribution in [3.63, 3.8) is 0 Å². The summed E-state index contributed by atoms with van der Waals surface area (Å²) in [5.41, 5.74) is 3.76. The molecule has 0 unspecified atom stereocenters. The maximum atomic E-state index is 15.0. The van der Waals surface area contributed by atoms with Crippen LogP contribution < -0.4 is 16.1 Å². The molecular weight excluding hydrogens is 413 g/mol. The van der Waals surface area contributed by atoms with Gasteiger partial charge in [0.15, 0.2) is 17.3 Å². The SMILES string of the molecule is CC1(C)CN(c2nc3c(cc2F)c(=O)c(C(=O)O)cn3-c2ccc(F)cc2F)C[C@H]1N. The maximum absolute atomic E-state index is 15.0. The normalized spacial score (nSPS) is 18.0. The molecular formula is C21H19F3N4O3. The van der Waals surface area contributed by atoms with Crippen LogP contribution in [0.3, 0.4) is 0 Å². The van der Waals surface area contributed by atoms with E-state index in [4.69, 9.17) is 5.73 Å². The molecule has 3 aromatic rings. The zero-order valence-corrected chi connectivity index (χ0v) is 16.7. The molecule has 3 heterocycles. The Bertz CT molecular complexity index is 1290. The van der Waals surface area contributed by atoms with Crippen molar-refractivity contribution in [3.8, 4) is 5.69 Å². The third-order valence-electron chi connectivity index (χ3n) is 5.63. The number of rotatable bonds is 3. The predicted molar refractivity (Wildman–Crippen MR) is 108 cm³/mol. The van der Waals surface area contributed by atoms with E-state index in [0.717, 1.165) is 29.0 Å². The molecule has 31 heavy (non-hydrogen) atoms. The van der Waals surface area contributed by atoms with Gasteiger partial charge in [0.25, 0.3) is 0 Å². The highest BCUT2D eigenvalue weighted by molar-refractivity contribution is 5.92. The second kappa shape index (κ2) is 7.09. The molecule has 3 N–H and O–H groups in total. The van der Waals surface area contributed by atoms with E-state index in [0.29, 0.717) is 19.2 Å².